The summed E-state index contributed by atoms with van der Waals surface area (Å²) in [5.41, 5.74) is -0.0110. The molecule has 2 amide bonds. The number of carbonyl (C=O) groups excluding carboxylic acids is 2. The summed E-state index contributed by atoms with van der Waals surface area (Å²) in [4.78, 5) is 25.6. The summed E-state index contributed by atoms with van der Waals surface area (Å²) in [6.07, 6.45) is 6.61. The van der Waals surface area contributed by atoms with Gasteiger partial charge in [0.2, 0.25) is 17.5 Å². The van der Waals surface area contributed by atoms with Crippen molar-refractivity contribution in [3.63, 3.8) is 0 Å². The number of amides is 2. The van der Waals surface area contributed by atoms with Crippen LogP contribution in [0.2, 0.25) is 5.02 Å². The van der Waals surface area contributed by atoms with Gasteiger partial charge in [0.1, 0.15) is 0 Å². The van der Waals surface area contributed by atoms with Crippen LogP contribution >= 0.6 is 11.6 Å². The Morgan fingerprint density at radius 1 is 0.964 bits per heavy atom. The molecule has 0 saturated heterocycles. The van der Waals surface area contributed by atoms with E-state index >= 15 is 0 Å². The molecule has 4 aliphatic carbocycles. The minimum Gasteiger partial charge on any atom is -0.304 e. The zero-order valence-electron chi connectivity index (χ0n) is 15.3. The zero-order chi connectivity index (χ0) is 19.3. The lowest BCUT2D eigenvalue weighted by Gasteiger charge is -2.55. The molecule has 6 rings (SSSR count). The van der Waals surface area contributed by atoms with E-state index in [9.17, 15) is 9.59 Å². The summed E-state index contributed by atoms with van der Waals surface area (Å²) in [6.45, 7) is 0. The normalized spacial score (nSPS) is 30.2. The van der Waals surface area contributed by atoms with Crippen molar-refractivity contribution in [2.75, 3.05) is 10.6 Å². The van der Waals surface area contributed by atoms with Gasteiger partial charge in [0, 0.05) is 0 Å². The quantitative estimate of drug-likeness (QED) is 0.804. The molecule has 1 aromatic carbocycles. The second-order valence-corrected chi connectivity index (χ2v) is 8.95. The van der Waals surface area contributed by atoms with Crippen LogP contribution in [0.3, 0.4) is 0 Å². The van der Waals surface area contributed by atoms with E-state index in [0.717, 1.165) is 19.3 Å². The van der Waals surface area contributed by atoms with Crippen molar-refractivity contribution in [1.82, 2.24) is 10.3 Å². The van der Waals surface area contributed by atoms with E-state index in [1.165, 1.54) is 19.3 Å². The van der Waals surface area contributed by atoms with Gasteiger partial charge in [-0.15, -0.1) is 0 Å². The van der Waals surface area contributed by atoms with Crippen LogP contribution in [0.25, 0.3) is 0 Å². The first-order valence-electron chi connectivity index (χ1n) is 9.72. The Labute approximate surface area is 167 Å². The Balaban J connectivity index is 1.32. The summed E-state index contributed by atoms with van der Waals surface area (Å²) in [7, 11) is 0. The van der Waals surface area contributed by atoms with Gasteiger partial charge in [-0.2, -0.15) is 0 Å². The van der Waals surface area contributed by atoms with Crippen molar-refractivity contribution < 1.29 is 14.2 Å². The van der Waals surface area contributed by atoms with E-state index in [1.54, 1.807) is 24.3 Å². The third-order valence-corrected chi connectivity index (χ3v) is 6.92. The maximum atomic E-state index is 13.2. The lowest BCUT2D eigenvalue weighted by molar-refractivity contribution is -0.140. The molecular formula is C20H21ClN4O3. The van der Waals surface area contributed by atoms with Crippen molar-refractivity contribution in [2.45, 2.75) is 38.5 Å². The molecule has 1 aromatic heterocycles. The van der Waals surface area contributed by atoms with Gasteiger partial charge in [0.25, 0.3) is 5.91 Å². The van der Waals surface area contributed by atoms with Crippen molar-refractivity contribution in [3.05, 3.63) is 34.9 Å². The lowest BCUT2D eigenvalue weighted by Crippen LogP contribution is -2.51. The predicted octanol–water partition coefficient (Wildman–Crippen LogP) is 4.13. The van der Waals surface area contributed by atoms with Crippen LogP contribution in [0, 0.1) is 23.2 Å². The maximum absolute atomic E-state index is 13.2. The summed E-state index contributed by atoms with van der Waals surface area (Å²) in [5, 5.41) is 13.3. The van der Waals surface area contributed by atoms with Crippen LogP contribution in [-0.4, -0.2) is 22.1 Å². The van der Waals surface area contributed by atoms with Gasteiger partial charge >= 0.3 is 0 Å². The number of carbonyl (C=O) groups is 2. The Morgan fingerprint density at radius 3 is 2.14 bits per heavy atom. The Kier molecular flexibility index (Phi) is 4.16. The summed E-state index contributed by atoms with van der Waals surface area (Å²) >= 11 is 6.07. The SMILES string of the molecule is O=C(Nc1nonc1NC(=O)C12CC3CC(CC(C3)C1)C2)c1ccccc1Cl. The highest BCUT2D eigenvalue weighted by Gasteiger charge is 2.54. The largest absolute Gasteiger partial charge is 0.304 e. The molecule has 0 radical (unpaired) electrons. The fourth-order valence-corrected chi connectivity index (χ4v) is 6.02. The molecule has 2 aromatic rings. The molecular weight excluding hydrogens is 380 g/mol. The lowest BCUT2D eigenvalue weighted by atomic mass is 9.49. The fraction of sp³-hybridized carbons (Fsp3) is 0.500. The highest BCUT2D eigenvalue weighted by Crippen LogP contribution is 2.60. The van der Waals surface area contributed by atoms with E-state index < -0.39 is 5.91 Å². The molecule has 4 fully saturated rings. The molecule has 0 aliphatic heterocycles. The number of halogens is 1. The summed E-state index contributed by atoms with van der Waals surface area (Å²) < 4.78 is 4.77. The molecule has 4 saturated carbocycles. The van der Waals surface area contributed by atoms with Gasteiger partial charge in [-0.3, -0.25) is 9.59 Å². The zero-order valence-corrected chi connectivity index (χ0v) is 16.0. The molecule has 0 unspecified atom stereocenters. The molecule has 2 N–H and O–H groups in total. The highest BCUT2D eigenvalue weighted by atomic mass is 35.5. The Morgan fingerprint density at radius 2 is 1.54 bits per heavy atom. The molecule has 146 valence electrons. The molecule has 4 bridgehead atoms. The fourth-order valence-electron chi connectivity index (χ4n) is 5.80. The monoisotopic (exact) mass is 400 g/mol. The molecule has 7 nitrogen and oxygen atoms in total. The van der Waals surface area contributed by atoms with Crippen molar-refractivity contribution in [2.24, 2.45) is 23.2 Å². The number of nitrogens with zero attached hydrogens (tertiary/aromatic N) is 2. The van der Waals surface area contributed by atoms with Crippen LogP contribution in [0.4, 0.5) is 11.6 Å². The first-order chi connectivity index (χ1) is 13.5. The van der Waals surface area contributed by atoms with Gasteiger partial charge in [-0.1, -0.05) is 23.7 Å². The van der Waals surface area contributed by atoms with Crippen LogP contribution in [0.5, 0.6) is 0 Å². The van der Waals surface area contributed by atoms with Gasteiger partial charge in [0.15, 0.2) is 0 Å². The molecule has 28 heavy (non-hydrogen) atoms. The van der Waals surface area contributed by atoms with E-state index in [4.69, 9.17) is 16.2 Å². The average Bonchev–Trinajstić information content (AvgIpc) is 3.07. The number of aromatic nitrogens is 2. The second kappa shape index (κ2) is 6.58. The van der Waals surface area contributed by atoms with Gasteiger partial charge in [0.05, 0.1) is 16.0 Å². The summed E-state index contributed by atoms with van der Waals surface area (Å²) in [5.74, 6) is 1.73. The third-order valence-electron chi connectivity index (χ3n) is 6.59. The van der Waals surface area contributed by atoms with Gasteiger partial charge in [-0.25, -0.2) is 4.63 Å². The molecule has 1 heterocycles. The van der Waals surface area contributed by atoms with Gasteiger partial charge < -0.3 is 10.6 Å². The van der Waals surface area contributed by atoms with Crippen LogP contribution in [0.15, 0.2) is 28.9 Å². The average molecular weight is 401 g/mol. The maximum Gasteiger partial charge on any atom is 0.258 e. The number of hydrogen-bond acceptors (Lipinski definition) is 5. The predicted molar refractivity (Wildman–Crippen MR) is 103 cm³/mol. The molecule has 4 aliphatic rings. The van der Waals surface area contributed by atoms with Crippen molar-refractivity contribution >= 4 is 35.1 Å². The van der Waals surface area contributed by atoms with E-state index in [-0.39, 0.29) is 23.0 Å². The first-order valence-corrected chi connectivity index (χ1v) is 10.1. The van der Waals surface area contributed by atoms with E-state index in [2.05, 4.69) is 20.9 Å². The minimum absolute atomic E-state index is 0.0319. The summed E-state index contributed by atoms with van der Waals surface area (Å²) in [6, 6.07) is 6.71. The first kappa shape index (κ1) is 17.7. The van der Waals surface area contributed by atoms with Crippen LogP contribution in [0.1, 0.15) is 48.9 Å². The third kappa shape index (κ3) is 2.98. The number of nitrogens with one attached hydrogen (secondary N) is 2. The Hall–Kier alpha value is -2.41. The number of anilines is 2. The molecule has 0 spiro atoms. The highest BCUT2D eigenvalue weighted by molar-refractivity contribution is 6.34. The van der Waals surface area contributed by atoms with Crippen LogP contribution in [-0.2, 0) is 4.79 Å². The smallest absolute Gasteiger partial charge is 0.258 e. The van der Waals surface area contributed by atoms with Crippen molar-refractivity contribution in [3.8, 4) is 0 Å². The van der Waals surface area contributed by atoms with E-state index in [0.29, 0.717) is 28.3 Å². The number of hydrogen-bond donors (Lipinski definition) is 2. The standard InChI is InChI=1S/C20H21ClN4O3/c21-15-4-2-1-3-14(15)18(26)22-16-17(25-28-24-16)23-19(27)20-8-11-5-12(9-20)7-13(6-11)10-20/h1-4,11-13H,5-10H2,(H,22,24,26)(H,23,25,27). The minimum atomic E-state index is -0.438. The molecule has 0 atom stereocenters. The number of benzene rings is 1. The second-order valence-electron chi connectivity index (χ2n) is 8.55. The Bertz CT molecular complexity index is 906. The molecule has 8 heteroatoms. The number of rotatable bonds is 4. The topological polar surface area (TPSA) is 97.1 Å². The van der Waals surface area contributed by atoms with Crippen LogP contribution < -0.4 is 10.6 Å². The van der Waals surface area contributed by atoms with Crippen molar-refractivity contribution in [1.29, 1.82) is 0 Å². The van der Waals surface area contributed by atoms with Gasteiger partial charge in [-0.05, 0) is 78.7 Å². The van der Waals surface area contributed by atoms with E-state index in [1.807, 2.05) is 0 Å².